The molecule has 0 bridgehead atoms. The Labute approximate surface area is 160 Å². The summed E-state index contributed by atoms with van der Waals surface area (Å²) in [4.78, 5) is 12.2. The molecule has 0 aromatic heterocycles. The molecule has 0 radical (unpaired) electrons. The summed E-state index contributed by atoms with van der Waals surface area (Å²) in [5.74, 6) is 0. The van der Waals surface area contributed by atoms with Crippen LogP contribution in [0.2, 0.25) is 0 Å². The summed E-state index contributed by atoms with van der Waals surface area (Å²) in [6, 6.07) is 17.5. The number of fused-ring (bicyclic) bond motifs is 4. The number of aromatic nitrogens is 1. The zero-order valence-corrected chi connectivity index (χ0v) is 17.2. The van der Waals surface area contributed by atoms with Crippen LogP contribution >= 0.6 is 0 Å². The fourth-order valence-corrected chi connectivity index (χ4v) is 5.73. The van der Waals surface area contributed by atoms with Crippen LogP contribution in [0.5, 0.6) is 0 Å². The van der Waals surface area contributed by atoms with Gasteiger partial charge in [-0.2, -0.15) is 0 Å². The molecule has 2 aromatic carbocycles. The van der Waals surface area contributed by atoms with Crippen molar-refractivity contribution in [2.75, 3.05) is 24.5 Å². The van der Waals surface area contributed by atoms with Crippen LogP contribution in [0.4, 0.5) is 5.69 Å². The van der Waals surface area contributed by atoms with Gasteiger partial charge in [0.1, 0.15) is 0 Å². The monoisotopic (exact) mass is 409 g/mol. The molecule has 1 aliphatic heterocycles. The first-order chi connectivity index (χ1) is 12.7. The van der Waals surface area contributed by atoms with Crippen LogP contribution in [0.15, 0.2) is 53.5 Å². The van der Waals surface area contributed by atoms with Crippen LogP contribution in [0.3, 0.4) is 0 Å². The van der Waals surface area contributed by atoms with Crippen LogP contribution in [0.1, 0.15) is 20.8 Å². The molecular weight excluding hydrogens is 385 g/mol. The molecule has 0 N–H and O–H groups in total. The molecule has 3 nitrogen and oxygen atoms in total. The van der Waals surface area contributed by atoms with E-state index in [1.807, 2.05) is 0 Å². The van der Waals surface area contributed by atoms with Crippen molar-refractivity contribution in [3.05, 3.63) is 53.9 Å². The van der Waals surface area contributed by atoms with E-state index in [9.17, 15) is 0 Å². The summed E-state index contributed by atoms with van der Waals surface area (Å²) in [6.07, 6.45) is 0. The van der Waals surface area contributed by atoms with E-state index in [0.29, 0.717) is 0 Å². The van der Waals surface area contributed by atoms with Crippen molar-refractivity contribution < 1.29 is 0 Å². The van der Waals surface area contributed by atoms with Crippen LogP contribution in [-0.4, -0.2) is 39.1 Å². The van der Waals surface area contributed by atoms with Crippen LogP contribution in [0, 0.1) is 0 Å². The molecule has 0 atom stereocenters. The van der Waals surface area contributed by atoms with Gasteiger partial charge in [-0.1, -0.05) is 0 Å². The maximum absolute atomic E-state index is 5.05. The van der Waals surface area contributed by atoms with Gasteiger partial charge in [0.15, 0.2) is 0 Å². The third kappa shape index (κ3) is 2.94. The summed E-state index contributed by atoms with van der Waals surface area (Å²) in [5, 5.41) is 3.52. The predicted molar refractivity (Wildman–Crippen MR) is 112 cm³/mol. The molecule has 132 valence electrons. The minimum absolute atomic E-state index is 0.248. The van der Waals surface area contributed by atoms with Gasteiger partial charge in [-0.15, -0.1) is 0 Å². The molecule has 1 aliphatic carbocycles. The second-order valence-corrected chi connectivity index (χ2v) is 8.57. The molecule has 4 heteroatoms. The number of nitrogens with zero attached hydrogens (tertiary/aromatic N) is 3. The zero-order valence-electron chi connectivity index (χ0n) is 15.5. The van der Waals surface area contributed by atoms with E-state index in [2.05, 4.69) is 74.2 Å². The molecule has 0 fully saturated rings. The predicted octanol–water partition coefficient (Wildman–Crippen LogP) is 4.32. The fraction of sp³-hybridized carbons (Fsp3) is 0.273. The van der Waals surface area contributed by atoms with Crippen LogP contribution < -0.4 is 10.3 Å². The zero-order chi connectivity index (χ0) is 18.1. The second-order valence-electron chi connectivity index (χ2n) is 6.30. The van der Waals surface area contributed by atoms with Crippen molar-refractivity contribution in [3.63, 3.8) is 0 Å². The quantitative estimate of drug-likeness (QED) is 0.286. The van der Waals surface area contributed by atoms with E-state index in [1.165, 1.54) is 25.2 Å². The molecule has 26 heavy (non-hydrogen) atoms. The summed E-state index contributed by atoms with van der Waals surface area (Å²) in [6.45, 7) is 9.36. The Morgan fingerprint density at radius 3 is 2.46 bits per heavy atom. The molecule has 2 aromatic rings. The molecule has 4 rings (SSSR count). The third-order valence-corrected chi connectivity index (χ3v) is 7.07. The normalized spacial score (nSPS) is 12.3. The molecule has 0 saturated carbocycles. The Hall–Kier alpha value is -2.16. The first-order valence-corrected chi connectivity index (χ1v) is 11.0. The molecule has 0 amide bonds. The van der Waals surface area contributed by atoms with Gasteiger partial charge in [0.2, 0.25) is 0 Å². The van der Waals surface area contributed by atoms with E-state index in [1.54, 1.807) is 0 Å². The number of anilines is 1. The number of benzene rings is 3. The molecule has 0 unspecified atom stereocenters. The average molecular weight is 408 g/mol. The van der Waals surface area contributed by atoms with Crippen molar-refractivity contribution in [2.24, 2.45) is 4.99 Å². The standard InChI is InChI=1S/C22H23N3Se/c1-4-23-19-14-21-22(17-10-8-7-9-16(17)19)24-18-12-11-15(13-20(18)26-21)25(5-2)6-3/h7-14H,4-6H2,1-3H3. The minimum atomic E-state index is 0.248. The fourth-order valence-electron chi connectivity index (χ4n) is 3.51. The van der Waals surface area contributed by atoms with E-state index < -0.39 is 0 Å². The SMILES string of the molecule is CCN=c1cc2[se]c3cc(N(CC)CC)ccc3nc-2c2ccccc12. The van der Waals surface area contributed by atoms with Gasteiger partial charge in [-0.25, -0.2) is 0 Å². The second kappa shape index (κ2) is 7.22. The van der Waals surface area contributed by atoms with E-state index in [0.717, 1.165) is 36.2 Å². The summed E-state index contributed by atoms with van der Waals surface area (Å²) in [7, 11) is 0. The van der Waals surface area contributed by atoms with Crippen molar-refractivity contribution >= 4 is 40.7 Å². The molecule has 2 aliphatic rings. The Morgan fingerprint density at radius 1 is 0.962 bits per heavy atom. The summed E-state index contributed by atoms with van der Waals surface area (Å²) >= 11 is 0.248. The van der Waals surface area contributed by atoms with Crippen LogP contribution in [0.25, 0.3) is 30.7 Å². The maximum atomic E-state index is 5.05. The van der Waals surface area contributed by atoms with E-state index >= 15 is 0 Å². The summed E-state index contributed by atoms with van der Waals surface area (Å²) < 4.78 is 2.71. The van der Waals surface area contributed by atoms with Gasteiger partial charge >= 0.3 is 160 Å². The first kappa shape index (κ1) is 17.3. The topological polar surface area (TPSA) is 28.5 Å². The van der Waals surface area contributed by atoms with Crippen molar-refractivity contribution in [1.29, 1.82) is 0 Å². The molecular formula is C22H23N3Se. The van der Waals surface area contributed by atoms with Crippen LogP contribution in [-0.2, 0) is 0 Å². The average Bonchev–Trinajstić information content (AvgIpc) is 2.68. The van der Waals surface area contributed by atoms with E-state index in [-0.39, 0.29) is 14.5 Å². The van der Waals surface area contributed by atoms with Gasteiger partial charge in [0, 0.05) is 0 Å². The Kier molecular flexibility index (Phi) is 4.79. The number of hydrogen-bond donors (Lipinski definition) is 0. The number of rotatable bonds is 4. The van der Waals surface area contributed by atoms with Gasteiger partial charge in [0.05, 0.1) is 0 Å². The number of hydrogen-bond acceptors (Lipinski definition) is 3. The summed E-state index contributed by atoms with van der Waals surface area (Å²) in [5.41, 5.74) is 3.56. The Morgan fingerprint density at radius 2 is 1.73 bits per heavy atom. The third-order valence-electron chi connectivity index (χ3n) is 4.81. The van der Waals surface area contributed by atoms with Gasteiger partial charge in [0.25, 0.3) is 0 Å². The Bertz CT molecular complexity index is 1110. The Balaban J connectivity index is 2.04. The van der Waals surface area contributed by atoms with Crippen molar-refractivity contribution in [2.45, 2.75) is 20.8 Å². The molecule has 1 heterocycles. The van der Waals surface area contributed by atoms with E-state index in [4.69, 9.17) is 9.98 Å². The van der Waals surface area contributed by atoms with Gasteiger partial charge in [-0.05, 0) is 0 Å². The van der Waals surface area contributed by atoms with Crippen molar-refractivity contribution in [1.82, 2.24) is 4.98 Å². The first-order valence-electron chi connectivity index (χ1n) is 9.27. The van der Waals surface area contributed by atoms with Crippen molar-refractivity contribution in [3.8, 4) is 10.1 Å². The molecule has 0 saturated heterocycles. The van der Waals surface area contributed by atoms with Gasteiger partial charge in [-0.3, -0.25) is 0 Å². The van der Waals surface area contributed by atoms with Gasteiger partial charge < -0.3 is 0 Å². The molecule has 0 spiro atoms.